The van der Waals surface area contributed by atoms with E-state index in [4.69, 9.17) is 4.42 Å². The quantitative estimate of drug-likeness (QED) is 0.177. The maximum absolute atomic E-state index is 6.51. The molecule has 0 N–H and O–H groups in total. The number of hydrogen-bond acceptors (Lipinski definition) is 2. The van der Waals surface area contributed by atoms with E-state index in [1.54, 1.807) is 0 Å². The summed E-state index contributed by atoms with van der Waals surface area (Å²) in [6.45, 7) is 0. The molecule has 0 radical (unpaired) electrons. The number of aromatic nitrogens is 1. The van der Waals surface area contributed by atoms with Crippen LogP contribution in [0.4, 0.5) is 17.1 Å². The smallest absolute Gasteiger partial charge is 0.137 e. The fourth-order valence-electron chi connectivity index (χ4n) is 9.79. The van der Waals surface area contributed by atoms with Crippen molar-refractivity contribution in [1.29, 1.82) is 0 Å². The highest BCUT2D eigenvalue weighted by molar-refractivity contribution is 6.19. The van der Waals surface area contributed by atoms with Crippen molar-refractivity contribution in [2.24, 2.45) is 0 Å². The summed E-state index contributed by atoms with van der Waals surface area (Å²) in [6, 6.07) is 75.1. The van der Waals surface area contributed by atoms with Crippen molar-refractivity contribution in [2.75, 3.05) is 4.90 Å². The third kappa shape index (κ3) is 4.17. The third-order valence-electron chi connectivity index (χ3n) is 12.0. The molecule has 0 spiro atoms. The summed E-state index contributed by atoms with van der Waals surface area (Å²) in [7, 11) is 0. The summed E-state index contributed by atoms with van der Waals surface area (Å²) in [5.41, 5.74) is 13.0. The summed E-state index contributed by atoms with van der Waals surface area (Å²) in [5, 5.41) is 6.98. The monoisotopic (exact) mass is 714 g/mol. The van der Waals surface area contributed by atoms with E-state index in [1.165, 1.54) is 54.9 Å². The van der Waals surface area contributed by atoms with Gasteiger partial charge in [0, 0.05) is 21.8 Å². The van der Waals surface area contributed by atoms with Crippen LogP contribution >= 0.6 is 0 Å². The highest BCUT2D eigenvalue weighted by Gasteiger charge is 2.47. The van der Waals surface area contributed by atoms with E-state index in [1.807, 2.05) is 6.07 Å². The molecule has 0 bridgehead atoms. The predicted molar refractivity (Wildman–Crippen MR) is 233 cm³/mol. The Balaban J connectivity index is 1.25. The lowest BCUT2D eigenvalue weighted by molar-refractivity contribution is 0.564. The van der Waals surface area contributed by atoms with Crippen LogP contribution in [0.25, 0.3) is 65.6 Å². The zero-order valence-electron chi connectivity index (χ0n) is 30.4. The van der Waals surface area contributed by atoms with E-state index < -0.39 is 5.54 Å². The molecule has 0 aliphatic heterocycles. The van der Waals surface area contributed by atoms with E-state index in [0.29, 0.717) is 0 Å². The van der Waals surface area contributed by atoms with Crippen molar-refractivity contribution in [1.82, 2.24) is 4.57 Å². The van der Waals surface area contributed by atoms with Crippen LogP contribution < -0.4 is 4.90 Å². The third-order valence-corrected chi connectivity index (χ3v) is 12.0. The van der Waals surface area contributed by atoms with Crippen LogP contribution in [0.5, 0.6) is 0 Å². The summed E-state index contributed by atoms with van der Waals surface area (Å²) >= 11 is 0. The van der Waals surface area contributed by atoms with Crippen molar-refractivity contribution < 1.29 is 4.42 Å². The lowest BCUT2D eigenvalue weighted by Crippen LogP contribution is -2.35. The second kappa shape index (κ2) is 11.8. The predicted octanol–water partition coefficient (Wildman–Crippen LogP) is 14.1. The van der Waals surface area contributed by atoms with Gasteiger partial charge in [-0.3, -0.25) is 0 Å². The Bertz CT molecular complexity index is 3290. The molecule has 1 aliphatic carbocycles. The summed E-state index contributed by atoms with van der Waals surface area (Å²) < 4.78 is 9.15. The molecule has 2 aromatic heterocycles. The molecule has 262 valence electrons. The number of anilines is 3. The largest absolute Gasteiger partial charge is 0.456 e. The number of benzene rings is 9. The SMILES string of the molecule is c1ccc(C2(n3c4ccccc4c4c(N(c5ccc6ccccc6c5)c5cccc6oc7ccccc7c56)cccc43)c3ccccc3-c3ccccc32)cc1. The van der Waals surface area contributed by atoms with E-state index in [-0.39, 0.29) is 0 Å². The summed E-state index contributed by atoms with van der Waals surface area (Å²) in [5.74, 6) is 0. The molecule has 0 fully saturated rings. The lowest BCUT2D eigenvalue weighted by atomic mass is 9.80. The molecule has 56 heavy (non-hydrogen) atoms. The molecule has 0 saturated heterocycles. The molecular formula is C53H34N2O. The first-order valence-corrected chi connectivity index (χ1v) is 19.3. The molecule has 0 unspecified atom stereocenters. The van der Waals surface area contributed by atoms with E-state index in [2.05, 4.69) is 210 Å². The maximum atomic E-state index is 6.51. The van der Waals surface area contributed by atoms with Crippen molar-refractivity contribution in [3.05, 3.63) is 223 Å². The molecule has 1 aliphatic rings. The van der Waals surface area contributed by atoms with Crippen LogP contribution in [0.2, 0.25) is 0 Å². The molecule has 2 heterocycles. The first-order chi connectivity index (χ1) is 27.8. The normalized spacial score (nSPS) is 13.1. The first kappa shape index (κ1) is 31.0. The van der Waals surface area contributed by atoms with Crippen LogP contribution in [0.3, 0.4) is 0 Å². The zero-order chi connectivity index (χ0) is 36.8. The van der Waals surface area contributed by atoms with Crippen LogP contribution in [0, 0.1) is 0 Å². The standard InChI is InChI=1S/C53H34N2O/c1-2-18-37(19-3-1)53(43-24-10-6-20-39(43)40-21-7-11-25-44(40)53)55-45-26-12-8-22-41(45)51-46(27-14-29-48(51)55)54(38-33-32-35-16-4-5-17-36(35)34-38)47-28-15-31-50-52(47)42-23-9-13-30-49(42)56-50/h1-34H. The Hall–Kier alpha value is -7.36. The number of fused-ring (bicyclic) bond motifs is 10. The van der Waals surface area contributed by atoms with Gasteiger partial charge in [-0.1, -0.05) is 158 Å². The number of furan rings is 1. The van der Waals surface area contributed by atoms with Crippen LogP contribution in [-0.2, 0) is 5.54 Å². The number of para-hydroxylation sites is 2. The molecule has 3 nitrogen and oxygen atoms in total. The highest BCUT2D eigenvalue weighted by atomic mass is 16.3. The topological polar surface area (TPSA) is 21.3 Å². The van der Waals surface area contributed by atoms with Crippen molar-refractivity contribution in [3.8, 4) is 11.1 Å². The summed E-state index contributed by atoms with van der Waals surface area (Å²) in [4.78, 5) is 2.46. The van der Waals surface area contributed by atoms with E-state index in [0.717, 1.165) is 44.5 Å². The average Bonchev–Trinajstić information content (AvgIpc) is 3.91. The number of hydrogen-bond donors (Lipinski definition) is 0. The average molecular weight is 715 g/mol. The minimum atomic E-state index is -0.636. The lowest BCUT2D eigenvalue weighted by Gasteiger charge is -2.36. The molecule has 12 rings (SSSR count). The second-order valence-corrected chi connectivity index (χ2v) is 14.8. The van der Waals surface area contributed by atoms with Crippen molar-refractivity contribution >= 4 is 71.6 Å². The van der Waals surface area contributed by atoms with Gasteiger partial charge >= 0.3 is 0 Å². The van der Waals surface area contributed by atoms with Gasteiger partial charge in [0.15, 0.2) is 0 Å². The number of rotatable bonds is 5. The minimum absolute atomic E-state index is 0.636. The van der Waals surface area contributed by atoms with Gasteiger partial charge in [0.1, 0.15) is 16.7 Å². The Labute approximate surface area is 323 Å². The van der Waals surface area contributed by atoms with Gasteiger partial charge in [0.25, 0.3) is 0 Å². The highest BCUT2D eigenvalue weighted by Crippen LogP contribution is 2.57. The minimum Gasteiger partial charge on any atom is -0.456 e. The molecule has 0 atom stereocenters. The fraction of sp³-hybridized carbons (Fsp3) is 0.0189. The van der Waals surface area contributed by atoms with Crippen molar-refractivity contribution in [2.45, 2.75) is 5.54 Å². The Kier molecular flexibility index (Phi) is 6.55. The van der Waals surface area contributed by atoms with Crippen LogP contribution in [0.1, 0.15) is 16.7 Å². The Morgan fingerprint density at radius 2 is 1.00 bits per heavy atom. The second-order valence-electron chi connectivity index (χ2n) is 14.8. The van der Waals surface area contributed by atoms with Crippen LogP contribution in [0.15, 0.2) is 211 Å². The summed E-state index contributed by atoms with van der Waals surface area (Å²) in [6.07, 6.45) is 0. The molecule has 3 heteroatoms. The van der Waals surface area contributed by atoms with Crippen molar-refractivity contribution in [3.63, 3.8) is 0 Å². The zero-order valence-corrected chi connectivity index (χ0v) is 30.4. The number of nitrogens with zero attached hydrogens (tertiary/aromatic N) is 2. The van der Waals surface area contributed by atoms with Gasteiger partial charge in [-0.25, -0.2) is 0 Å². The van der Waals surface area contributed by atoms with E-state index in [9.17, 15) is 0 Å². The molecule has 9 aromatic carbocycles. The van der Waals surface area contributed by atoms with E-state index >= 15 is 0 Å². The van der Waals surface area contributed by atoms with Gasteiger partial charge in [0.2, 0.25) is 0 Å². The Morgan fingerprint density at radius 1 is 0.411 bits per heavy atom. The maximum Gasteiger partial charge on any atom is 0.137 e. The van der Waals surface area contributed by atoms with Gasteiger partial charge < -0.3 is 13.9 Å². The fourth-order valence-corrected chi connectivity index (χ4v) is 9.79. The first-order valence-electron chi connectivity index (χ1n) is 19.3. The molecule has 0 amide bonds. The molecular weight excluding hydrogens is 681 g/mol. The van der Waals surface area contributed by atoms with Gasteiger partial charge in [0.05, 0.1) is 27.8 Å². The van der Waals surface area contributed by atoms with Gasteiger partial charge in [-0.05, 0) is 87.1 Å². The Morgan fingerprint density at radius 3 is 1.80 bits per heavy atom. The molecule has 11 aromatic rings. The van der Waals surface area contributed by atoms with Gasteiger partial charge in [-0.15, -0.1) is 0 Å². The van der Waals surface area contributed by atoms with Crippen LogP contribution in [-0.4, -0.2) is 4.57 Å². The molecule has 0 saturated carbocycles. The van der Waals surface area contributed by atoms with Gasteiger partial charge in [-0.2, -0.15) is 0 Å².